The Hall–Kier alpha value is -0.340. The summed E-state index contributed by atoms with van der Waals surface area (Å²) < 4.78 is 60.6. The summed E-state index contributed by atoms with van der Waals surface area (Å²) >= 11 is 0. The minimum Gasteiger partial charge on any atom is -0.316 e. The molecule has 0 bridgehead atoms. The summed E-state index contributed by atoms with van der Waals surface area (Å²) in [5.74, 6) is -0.170. The number of alkyl halides is 3. The van der Waals surface area contributed by atoms with E-state index in [-0.39, 0.29) is 5.92 Å². The summed E-state index contributed by atoms with van der Waals surface area (Å²) in [5, 5.41) is 2.95. The van der Waals surface area contributed by atoms with Gasteiger partial charge < -0.3 is 5.32 Å². The van der Waals surface area contributed by atoms with Crippen LogP contribution in [0.25, 0.3) is 0 Å². The van der Waals surface area contributed by atoms with E-state index in [0.29, 0.717) is 13.0 Å². The molecule has 8 heteroatoms. The van der Waals surface area contributed by atoms with Crippen molar-refractivity contribution in [3.05, 3.63) is 0 Å². The zero-order valence-corrected chi connectivity index (χ0v) is 8.70. The predicted octanol–water partition coefficient (Wildman–Crippen LogP) is 0.852. The molecule has 1 saturated heterocycles. The minimum absolute atomic E-state index is 0.170. The number of piperidine rings is 1. The number of nitrogens with one attached hydrogen (secondary N) is 1. The normalized spacial score (nSPS) is 24.1. The Bertz CT molecular complexity index is 295. The maximum absolute atomic E-state index is 11.9. The number of rotatable bonds is 3. The second-order valence-corrected chi connectivity index (χ2v) is 5.00. The SMILES string of the molecule is O=S(=O)(OC[C@H]1CCCNC1)C(F)(F)F. The molecule has 1 aliphatic rings. The number of halogens is 3. The van der Waals surface area contributed by atoms with Crippen LogP contribution in [0.5, 0.6) is 0 Å². The maximum atomic E-state index is 11.9. The third-order valence-electron chi connectivity index (χ3n) is 2.14. The maximum Gasteiger partial charge on any atom is 0.523 e. The lowest BCUT2D eigenvalue weighted by molar-refractivity contribution is -0.0552. The van der Waals surface area contributed by atoms with Crippen LogP contribution in [0.3, 0.4) is 0 Å². The molecule has 0 aromatic carbocycles. The summed E-state index contributed by atoms with van der Waals surface area (Å²) in [6.07, 6.45) is 1.50. The molecule has 0 unspecified atom stereocenters. The molecule has 4 nitrogen and oxygen atoms in total. The molecule has 0 amide bonds. The van der Waals surface area contributed by atoms with Crippen molar-refractivity contribution in [3.8, 4) is 0 Å². The Morgan fingerprint density at radius 1 is 1.40 bits per heavy atom. The monoisotopic (exact) mass is 247 g/mol. The molecule has 1 atom stereocenters. The van der Waals surface area contributed by atoms with Crippen LogP contribution in [0, 0.1) is 5.92 Å². The Morgan fingerprint density at radius 2 is 2.07 bits per heavy atom. The molecule has 1 N–H and O–H groups in total. The lowest BCUT2D eigenvalue weighted by Crippen LogP contribution is -2.34. The molecule has 0 aromatic rings. The molecule has 15 heavy (non-hydrogen) atoms. The van der Waals surface area contributed by atoms with Crippen molar-refractivity contribution in [2.75, 3.05) is 19.7 Å². The molecule has 1 fully saturated rings. The van der Waals surface area contributed by atoms with Gasteiger partial charge in [-0.1, -0.05) is 0 Å². The van der Waals surface area contributed by atoms with Gasteiger partial charge in [-0.05, 0) is 25.3 Å². The van der Waals surface area contributed by atoms with Crippen molar-refractivity contribution in [2.45, 2.75) is 18.3 Å². The topological polar surface area (TPSA) is 55.4 Å². The summed E-state index contributed by atoms with van der Waals surface area (Å²) in [4.78, 5) is 0. The van der Waals surface area contributed by atoms with Gasteiger partial charge in [0.1, 0.15) is 0 Å². The van der Waals surface area contributed by atoms with Crippen LogP contribution in [-0.4, -0.2) is 33.6 Å². The molecular formula is C7H12F3NO3S. The van der Waals surface area contributed by atoms with Crippen molar-refractivity contribution in [1.82, 2.24) is 5.32 Å². The number of hydrogen-bond acceptors (Lipinski definition) is 4. The molecular weight excluding hydrogens is 235 g/mol. The van der Waals surface area contributed by atoms with Gasteiger partial charge in [0.05, 0.1) is 6.61 Å². The fourth-order valence-corrected chi connectivity index (χ4v) is 1.82. The van der Waals surface area contributed by atoms with Crippen molar-refractivity contribution in [1.29, 1.82) is 0 Å². The van der Waals surface area contributed by atoms with Gasteiger partial charge in [0, 0.05) is 6.54 Å². The van der Waals surface area contributed by atoms with E-state index in [0.717, 1.165) is 13.0 Å². The highest BCUT2D eigenvalue weighted by molar-refractivity contribution is 7.87. The van der Waals surface area contributed by atoms with E-state index >= 15 is 0 Å². The largest absolute Gasteiger partial charge is 0.523 e. The predicted molar refractivity (Wildman–Crippen MR) is 46.5 cm³/mol. The van der Waals surface area contributed by atoms with Crippen molar-refractivity contribution in [2.24, 2.45) is 5.92 Å². The second-order valence-electron chi connectivity index (χ2n) is 3.40. The number of hydrogen-bond donors (Lipinski definition) is 1. The first-order valence-electron chi connectivity index (χ1n) is 4.49. The molecule has 0 radical (unpaired) electrons. The van der Waals surface area contributed by atoms with Crippen LogP contribution in [0.2, 0.25) is 0 Å². The first kappa shape index (κ1) is 12.7. The van der Waals surface area contributed by atoms with Gasteiger partial charge in [-0.2, -0.15) is 21.6 Å². The van der Waals surface area contributed by atoms with Crippen LogP contribution in [0.4, 0.5) is 13.2 Å². The van der Waals surface area contributed by atoms with E-state index in [1.165, 1.54) is 0 Å². The fraction of sp³-hybridized carbons (Fsp3) is 1.00. The molecule has 0 aromatic heterocycles. The fourth-order valence-electron chi connectivity index (χ4n) is 1.32. The lowest BCUT2D eigenvalue weighted by Gasteiger charge is -2.22. The van der Waals surface area contributed by atoms with E-state index in [2.05, 4.69) is 9.50 Å². The Morgan fingerprint density at radius 3 is 2.53 bits per heavy atom. The van der Waals surface area contributed by atoms with Gasteiger partial charge in [-0.15, -0.1) is 0 Å². The summed E-state index contributed by atoms with van der Waals surface area (Å²) in [6, 6.07) is 0. The lowest BCUT2D eigenvalue weighted by atomic mass is 10.0. The molecule has 1 rings (SSSR count). The first-order valence-corrected chi connectivity index (χ1v) is 5.90. The third-order valence-corrected chi connectivity index (χ3v) is 3.15. The van der Waals surface area contributed by atoms with Crippen molar-refractivity contribution in [3.63, 3.8) is 0 Å². The van der Waals surface area contributed by atoms with Gasteiger partial charge in [-0.25, -0.2) is 0 Å². The second kappa shape index (κ2) is 4.67. The van der Waals surface area contributed by atoms with Crippen molar-refractivity contribution >= 4 is 10.1 Å². The standard InChI is InChI=1S/C7H12F3NO3S/c8-7(9,10)15(12,13)14-5-6-2-1-3-11-4-6/h6,11H,1-5H2/t6-/m0/s1. The van der Waals surface area contributed by atoms with E-state index in [1.54, 1.807) is 0 Å². The van der Waals surface area contributed by atoms with Gasteiger partial charge in [0.15, 0.2) is 0 Å². The highest BCUT2D eigenvalue weighted by Gasteiger charge is 2.47. The Balaban J connectivity index is 2.42. The van der Waals surface area contributed by atoms with Gasteiger partial charge >= 0.3 is 15.6 Å². The Labute approximate surface area is 85.9 Å². The van der Waals surface area contributed by atoms with Crippen molar-refractivity contribution < 1.29 is 25.8 Å². The van der Waals surface area contributed by atoms with E-state index in [9.17, 15) is 21.6 Å². The summed E-state index contributed by atoms with van der Waals surface area (Å²) in [6.45, 7) is 0.894. The molecule has 1 heterocycles. The van der Waals surface area contributed by atoms with Gasteiger partial charge in [-0.3, -0.25) is 4.18 Å². The van der Waals surface area contributed by atoms with Crippen LogP contribution in [-0.2, 0) is 14.3 Å². The quantitative estimate of drug-likeness (QED) is 0.593. The van der Waals surface area contributed by atoms with Crippen LogP contribution >= 0.6 is 0 Å². The minimum atomic E-state index is -5.42. The summed E-state index contributed by atoms with van der Waals surface area (Å²) in [7, 11) is -5.42. The molecule has 90 valence electrons. The van der Waals surface area contributed by atoms with Crippen LogP contribution in [0.1, 0.15) is 12.8 Å². The van der Waals surface area contributed by atoms with E-state index in [1.807, 2.05) is 0 Å². The Kier molecular flexibility index (Phi) is 3.96. The first-order chi connectivity index (χ1) is 6.83. The van der Waals surface area contributed by atoms with E-state index < -0.39 is 22.2 Å². The molecule has 0 spiro atoms. The highest BCUT2D eigenvalue weighted by Crippen LogP contribution is 2.25. The molecule has 0 aliphatic carbocycles. The van der Waals surface area contributed by atoms with E-state index in [4.69, 9.17) is 0 Å². The van der Waals surface area contributed by atoms with Crippen LogP contribution in [0.15, 0.2) is 0 Å². The van der Waals surface area contributed by atoms with Crippen LogP contribution < -0.4 is 5.32 Å². The third kappa shape index (κ3) is 3.62. The summed E-state index contributed by atoms with van der Waals surface area (Å²) in [5.41, 5.74) is -5.32. The molecule has 1 aliphatic heterocycles. The molecule has 0 saturated carbocycles. The van der Waals surface area contributed by atoms with Gasteiger partial charge in [0.2, 0.25) is 0 Å². The van der Waals surface area contributed by atoms with Gasteiger partial charge in [0.25, 0.3) is 0 Å². The zero-order chi connectivity index (χ0) is 11.5. The average molecular weight is 247 g/mol. The highest BCUT2D eigenvalue weighted by atomic mass is 32.2. The average Bonchev–Trinajstić information content (AvgIpc) is 2.15. The smallest absolute Gasteiger partial charge is 0.316 e. The zero-order valence-electron chi connectivity index (χ0n) is 7.88.